The summed E-state index contributed by atoms with van der Waals surface area (Å²) in [5, 5.41) is 2.46. The van der Waals surface area contributed by atoms with Crippen LogP contribution in [0.4, 0.5) is 0 Å². The smallest absolute Gasteiger partial charge is 0.276 e. The quantitative estimate of drug-likeness (QED) is 0.436. The number of nitrogens with zero attached hydrogens (tertiary/aromatic N) is 3. The summed E-state index contributed by atoms with van der Waals surface area (Å²) in [7, 11) is 0. The molecule has 3 heterocycles. The Kier molecular flexibility index (Phi) is 6.02. The van der Waals surface area contributed by atoms with E-state index in [9.17, 15) is 9.59 Å². The summed E-state index contributed by atoms with van der Waals surface area (Å²) in [5.74, 6) is 1.45. The molecule has 158 valence electrons. The van der Waals surface area contributed by atoms with Gasteiger partial charge >= 0.3 is 0 Å². The van der Waals surface area contributed by atoms with Gasteiger partial charge in [0.2, 0.25) is 5.91 Å². The zero-order chi connectivity index (χ0) is 21.4. The van der Waals surface area contributed by atoms with Crippen molar-refractivity contribution in [3.8, 4) is 5.69 Å². The molecule has 2 atom stereocenters. The van der Waals surface area contributed by atoms with Crippen LogP contribution < -0.4 is 5.56 Å². The lowest BCUT2D eigenvalue weighted by atomic mass is 9.92. The zero-order valence-electron chi connectivity index (χ0n) is 17.8. The Morgan fingerprint density at radius 2 is 1.90 bits per heavy atom. The number of carbonyl (C=O) groups is 1. The van der Waals surface area contributed by atoms with Gasteiger partial charge in [-0.2, -0.15) is 0 Å². The van der Waals surface area contributed by atoms with Gasteiger partial charge in [-0.15, -0.1) is 11.3 Å². The molecule has 0 spiro atoms. The molecule has 7 heteroatoms. The SMILES string of the molecule is Cc1ccc(-n2c(SCC(=O)N3C[C@@H](C)C[C@H](C)C3)nc3ccsc3c2=O)cc1C. The molecule has 30 heavy (non-hydrogen) atoms. The predicted molar refractivity (Wildman–Crippen MR) is 125 cm³/mol. The maximum absolute atomic E-state index is 13.3. The predicted octanol–water partition coefficient (Wildman–Crippen LogP) is 4.66. The molecule has 1 aliphatic rings. The van der Waals surface area contributed by atoms with Gasteiger partial charge in [0.1, 0.15) is 4.70 Å². The summed E-state index contributed by atoms with van der Waals surface area (Å²) < 4.78 is 2.30. The number of carbonyl (C=O) groups excluding carboxylic acids is 1. The first-order valence-corrected chi connectivity index (χ1v) is 12.2. The molecule has 0 radical (unpaired) electrons. The van der Waals surface area contributed by atoms with Crippen LogP contribution in [0, 0.1) is 25.7 Å². The number of rotatable bonds is 4. The van der Waals surface area contributed by atoms with E-state index in [-0.39, 0.29) is 17.2 Å². The Balaban J connectivity index is 1.67. The van der Waals surface area contributed by atoms with Crippen LogP contribution in [-0.2, 0) is 4.79 Å². The molecule has 1 aliphatic heterocycles. The number of fused-ring (bicyclic) bond motifs is 1. The molecule has 0 aliphatic carbocycles. The summed E-state index contributed by atoms with van der Waals surface area (Å²) in [6, 6.07) is 7.85. The molecule has 1 fully saturated rings. The average Bonchev–Trinajstić information content (AvgIpc) is 3.17. The van der Waals surface area contributed by atoms with Crippen LogP contribution in [0.15, 0.2) is 39.6 Å². The standard InChI is InChI=1S/C23H27N3O2S2/c1-14-9-15(2)12-25(11-14)20(27)13-30-23-24-19-7-8-29-21(19)22(28)26(23)18-6-5-16(3)17(4)10-18/h5-8,10,14-15H,9,11-13H2,1-4H3/t14-,15-/m0/s1. The highest BCUT2D eigenvalue weighted by molar-refractivity contribution is 7.99. The highest BCUT2D eigenvalue weighted by Gasteiger charge is 2.26. The summed E-state index contributed by atoms with van der Waals surface area (Å²) in [6.07, 6.45) is 1.17. The lowest BCUT2D eigenvalue weighted by Crippen LogP contribution is -2.43. The third-order valence-corrected chi connectivity index (χ3v) is 7.56. The van der Waals surface area contributed by atoms with Crippen LogP contribution in [0.5, 0.6) is 0 Å². The van der Waals surface area contributed by atoms with Gasteiger partial charge in [-0.25, -0.2) is 4.98 Å². The first kappa shape index (κ1) is 21.1. The normalized spacial score (nSPS) is 19.4. The molecular weight excluding hydrogens is 414 g/mol. The second kappa shape index (κ2) is 8.55. The number of aromatic nitrogens is 2. The highest BCUT2D eigenvalue weighted by atomic mass is 32.2. The average molecular weight is 442 g/mol. The van der Waals surface area contributed by atoms with Crippen LogP contribution in [0.1, 0.15) is 31.4 Å². The number of aryl methyl sites for hydroxylation is 2. The van der Waals surface area contributed by atoms with E-state index in [1.165, 1.54) is 35.1 Å². The van der Waals surface area contributed by atoms with E-state index in [4.69, 9.17) is 4.98 Å². The first-order chi connectivity index (χ1) is 14.3. The van der Waals surface area contributed by atoms with Gasteiger partial charge < -0.3 is 4.90 Å². The number of hydrogen-bond donors (Lipinski definition) is 0. The minimum atomic E-state index is -0.0755. The number of thiophene rings is 1. The van der Waals surface area contributed by atoms with Gasteiger partial charge in [-0.3, -0.25) is 14.2 Å². The molecule has 4 rings (SSSR count). The van der Waals surface area contributed by atoms with E-state index in [1.807, 2.05) is 41.5 Å². The lowest BCUT2D eigenvalue weighted by molar-refractivity contribution is -0.130. The van der Waals surface area contributed by atoms with Crippen molar-refractivity contribution in [2.45, 2.75) is 39.3 Å². The lowest BCUT2D eigenvalue weighted by Gasteiger charge is -2.35. The fraction of sp³-hybridized carbons (Fsp3) is 0.435. The molecule has 0 unspecified atom stereocenters. The summed E-state index contributed by atoms with van der Waals surface area (Å²) in [4.78, 5) is 32.9. The van der Waals surface area contributed by atoms with Crippen LogP contribution in [0.25, 0.3) is 15.9 Å². The van der Waals surface area contributed by atoms with Crippen molar-refractivity contribution < 1.29 is 4.79 Å². The van der Waals surface area contributed by atoms with E-state index >= 15 is 0 Å². The number of likely N-dealkylation sites (tertiary alicyclic amines) is 1. The summed E-state index contributed by atoms with van der Waals surface area (Å²) in [5.41, 5.74) is 3.71. The molecule has 1 amide bonds. The summed E-state index contributed by atoms with van der Waals surface area (Å²) in [6.45, 7) is 10.1. The first-order valence-electron chi connectivity index (χ1n) is 10.3. The molecule has 5 nitrogen and oxygen atoms in total. The van der Waals surface area contributed by atoms with Crippen LogP contribution in [0.3, 0.4) is 0 Å². The van der Waals surface area contributed by atoms with Gasteiger partial charge in [-0.1, -0.05) is 31.7 Å². The molecule has 0 bridgehead atoms. The maximum atomic E-state index is 13.3. The maximum Gasteiger partial charge on any atom is 0.276 e. The van der Waals surface area contributed by atoms with E-state index in [2.05, 4.69) is 20.8 Å². The Bertz CT molecular complexity index is 1140. The second-order valence-corrected chi connectivity index (χ2v) is 10.3. The van der Waals surface area contributed by atoms with Gasteiger partial charge in [0.05, 0.1) is 17.0 Å². The van der Waals surface area contributed by atoms with E-state index in [0.29, 0.717) is 27.2 Å². The van der Waals surface area contributed by atoms with Crippen molar-refractivity contribution in [3.63, 3.8) is 0 Å². The minimum Gasteiger partial charge on any atom is -0.341 e. The number of hydrogen-bond acceptors (Lipinski definition) is 5. The van der Waals surface area contributed by atoms with Crippen molar-refractivity contribution in [2.24, 2.45) is 11.8 Å². The van der Waals surface area contributed by atoms with E-state index in [0.717, 1.165) is 24.3 Å². The van der Waals surface area contributed by atoms with E-state index < -0.39 is 0 Å². The molecular formula is C23H27N3O2S2. The van der Waals surface area contributed by atoms with Gasteiger partial charge in [0.25, 0.3) is 5.56 Å². The Hall–Kier alpha value is -2.12. The third-order valence-electron chi connectivity index (χ3n) is 5.74. The van der Waals surface area contributed by atoms with Gasteiger partial charge in [0, 0.05) is 13.1 Å². The topological polar surface area (TPSA) is 55.2 Å². The number of benzene rings is 1. The number of thioether (sulfide) groups is 1. The number of amides is 1. The van der Waals surface area contributed by atoms with Crippen molar-refractivity contribution >= 4 is 39.2 Å². The Morgan fingerprint density at radius 1 is 1.17 bits per heavy atom. The van der Waals surface area contributed by atoms with E-state index in [1.54, 1.807) is 4.57 Å². The van der Waals surface area contributed by atoms with Crippen molar-refractivity contribution in [1.29, 1.82) is 0 Å². The highest BCUT2D eigenvalue weighted by Crippen LogP contribution is 2.26. The van der Waals surface area contributed by atoms with Crippen molar-refractivity contribution in [1.82, 2.24) is 14.5 Å². The minimum absolute atomic E-state index is 0.0755. The molecule has 0 saturated carbocycles. The Morgan fingerprint density at radius 3 is 2.60 bits per heavy atom. The molecule has 1 aromatic carbocycles. The zero-order valence-corrected chi connectivity index (χ0v) is 19.5. The van der Waals surface area contributed by atoms with Crippen LogP contribution in [0.2, 0.25) is 0 Å². The third kappa shape index (κ3) is 4.18. The molecule has 0 N–H and O–H groups in total. The fourth-order valence-corrected chi connectivity index (χ4v) is 5.84. The monoisotopic (exact) mass is 441 g/mol. The largest absolute Gasteiger partial charge is 0.341 e. The van der Waals surface area contributed by atoms with Gasteiger partial charge in [-0.05, 0) is 66.8 Å². The van der Waals surface area contributed by atoms with Gasteiger partial charge in [0.15, 0.2) is 5.16 Å². The number of piperidine rings is 1. The fourth-order valence-electron chi connectivity index (χ4n) is 4.17. The summed E-state index contributed by atoms with van der Waals surface area (Å²) >= 11 is 2.76. The second-order valence-electron chi connectivity index (χ2n) is 8.47. The molecule has 3 aromatic rings. The van der Waals surface area contributed by atoms with Crippen LogP contribution in [-0.4, -0.2) is 39.2 Å². The van der Waals surface area contributed by atoms with Crippen LogP contribution >= 0.6 is 23.1 Å². The molecule has 1 saturated heterocycles. The Labute approximate surface area is 185 Å². The van der Waals surface area contributed by atoms with Crippen molar-refractivity contribution in [2.75, 3.05) is 18.8 Å². The van der Waals surface area contributed by atoms with Crippen molar-refractivity contribution in [3.05, 3.63) is 51.1 Å². The molecule has 2 aromatic heterocycles.